The van der Waals surface area contributed by atoms with Crippen LogP contribution in [0.3, 0.4) is 0 Å². The molecule has 1 heteroatoms. The highest BCUT2D eigenvalue weighted by Crippen LogP contribution is 2.18. The minimum atomic E-state index is 0.702. The molecule has 0 amide bonds. The average Bonchev–Trinajstić information content (AvgIpc) is 2.07. The van der Waals surface area contributed by atoms with E-state index in [4.69, 9.17) is 0 Å². The summed E-state index contributed by atoms with van der Waals surface area (Å²) in [5, 5.41) is 0. The Labute approximate surface area is 71.2 Å². The molecule has 11 heavy (non-hydrogen) atoms. The Kier molecular flexibility index (Phi) is 3.59. The molecular formula is C10H15P. The number of benzene rings is 1. The lowest BCUT2D eigenvalue weighted by molar-refractivity contribution is 0.741. The first kappa shape index (κ1) is 8.74. The molecule has 0 fully saturated rings. The van der Waals surface area contributed by atoms with Gasteiger partial charge < -0.3 is 0 Å². The first-order valence-electron chi connectivity index (χ1n) is 4.09. The Hall–Kier alpha value is -0.350. The molecule has 0 aliphatic carbocycles. The number of rotatable bonds is 3. The van der Waals surface area contributed by atoms with Crippen molar-refractivity contribution in [1.29, 1.82) is 0 Å². The van der Waals surface area contributed by atoms with E-state index < -0.39 is 0 Å². The van der Waals surface area contributed by atoms with Crippen LogP contribution in [0.2, 0.25) is 0 Å². The molecule has 2 unspecified atom stereocenters. The van der Waals surface area contributed by atoms with Crippen LogP contribution in [0.25, 0.3) is 0 Å². The summed E-state index contributed by atoms with van der Waals surface area (Å²) in [6.07, 6.45) is 2.45. The van der Waals surface area contributed by atoms with Gasteiger partial charge in [0.1, 0.15) is 0 Å². The molecule has 0 spiro atoms. The molecule has 0 heterocycles. The Morgan fingerprint density at radius 3 is 2.45 bits per heavy atom. The summed E-state index contributed by atoms with van der Waals surface area (Å²) in [4.78, 5) is 0. The highest BCUT2D eigenvalue weighted by molar-refractivity contribution is 7.16. The van der Waals surface area contributed by atoms with Crippen molar-refractivity contribution in [2.24, 2.45) is 0 Å². The van der Waals surface area contributed by atoms with Crippen LogP contribution in [0, 0.1) is 0 Å². The lowest BCUT2D eigenvalue weighted by Gasteiger charge is -2.08. The van der Waals surface area contributed by atoms with E-state index in [9.17, 15) is 0 Å². The van der Waals surface area contributed by atoms with Crippen molar-refractivity contribution >= 4 is 9.24 Å². The number of hydrogen-bond donors (Lipinski definition) is 0. The summed E-state index contributed by atoms with van der Waals surface area (Å²) >= 11 is 0. The summed E-state index contributed by atoms with van der Waals surface area (Å²) in [6, 6.07) is 10.7. The van der Waals surface area contributed by atoms with Crippen LogP contribution < -0.4 is 0 Å². The van der Waals surface area contributed by atoms with Crippen molar-refractivity contribution in [3.05, 3.63) is 35.9 Å². The molecule has 1 rings (SSSR count). The molecule has 0 bridgehead atoms. The topological polar surface area (TPSA) is 0 Å². The Bertz CT molecular complexity index is 193. The fraction of sp³-hybridized carbons (Fsp3) is 0.400. The predicted octanol–water partition coefficient (Wildman–Crippen LogP) is 3.06. The second kappa shape index (κ2) is 4.51. The van der Waals surface area contributed by atoms with Gasteiger partial charge in [-0.25, -0.2) is 0 Å². The van der Waals surface area contributed by atoms with E-state index in [0.717, 1.165) is 0 Å². The summed E-state index contributed by atoms with van der Waals surface area (Å²) < 4.78 is 0. The van der Waals surface area contributed by atoms with Gasteiger partial charge in [0.25, 0.3) is 0 Å². The summed E-state index contributed by atoms with van der Waals surface area (Å²) in [5.74, 6) is 0.702. The second-order valence-electron chi connectivity index (χ2n) is 2.89. The van der Waals surface area contributed by atoms with Crippen LogP contribution in [-0.4, -0.2) is 6.16 Å². The maximum atomic E-state index is 2.77. The average molecular weight is 166 g/mol. The van der Waals surface area contributed by atoms with Crippen LogP contribution in [0.15, 0.2) is 30.3 Å². The zero-order valence-electron chi connectivity index (χ0n) is 6.96. The molecular weight excluding hydrogens is 151 g/mol. The van der Waals surface area contributed by atoms with Crippen molar-refractivity contribution in [2.45, 2.75) is 19.3 Å². The van der Waals surface area contributed by atoms with E-state index in [-0.39, 0.29) is 0 Å². The van der Waals surface area contributed by atoms with Gasteiger partial charge in [0.15, 0.2) is 0 Å². The Morgan fingerprint density at radius 2 is 1.91 bits per heavy atom. The second-order valence-corrected chi connectivity index (χ2v) is 3.47. The monoisotopic (exact) mass is 166 g/mol. The van der Waals surface area contributed by atoms with E-state index >= 15 is 0 Å². The molecule has 1 aromatic carbocycles. The normalized spacial score (nSPS) is 12.9. The summed E-state index contributed by atoms with van der Waals surface area (Å²) in [7, 11) is 2.77. The third-order valence-electron chi connectivity index (χ3n) is 1.97. The van der Waals surface area contributed by atoms with Gasteiger partial charge in [0, 0.05) is 0 Å². The minimum absolute atomic E-state index is 0.702. The highest BCUT2D eigenvalue weighted by atomic mass is 31.0. The summed E-state index contributed by atoms with van der Waals surface area (Å²) in [5.41, 5.74) is 1.45. The van der Waals surface area contributed by atoms with E-state index in [1.807, 2.05) is 0 Å². The van der Waals surface area contributed by atoms with Crippen molar-refractivity contribution < 1.29 is 0 Å². The van der Waals surface area contributed by atoms with Crippen LogP contribution in [0.1, 0.15) is 24.8 Å². The minimum Gasteiger partial charge on any atom is -0.138 e. The highest BCUT2D eigenvalue weighted by Gasteiger charge is 2.01. The van der Waals surface area contributed by atoms with E-state index in [0.29, 0.717) is 5.92 Å². The fourth-order valence-corrected chi connectivity index (χ4v) is 1.70. The molecule has 2 atom stereocenters. The molecule has 60 valence electrons. The van der Waals surface area contributed by atoms with Gasteiger partial charge in [0.05, 0.1) is 0 Å². The van der Waals surface area contributed by atoms with Crippen molar-refractivity contribution in [3.63, 3.8) is 0 Å². The van der Waals surface area contributed by atoms with Gasteiger partial charge in [-0.05, 0) is 24.1 Å². The van der Waals surface area contributed by atoms with Gasteiger partial charge in [-0.2, -0.15) is 0 Å². The zero-order valence-corrected chi connectivity index (χ0v) is 8.11. The Morgan fingerprint density at radius 1 is 1.27 bits per heavy atom. The van der Waals surface area contributed by atoms with Gasteiger partial charge in [0.2, 0.25) is 0 Å². The van der Waals surface area contributed by atoms with Crippen LogP contribution in [-0.2, 0) is 0 Å². The van der Waals surface area contributed by atoms with Gasteiger partial charge in [-0.1, -0.05) is 37.3 Å². The molecule has 0 radical (unpaired) electrons. The largest absolute Gasteiger partial charge is 0.138 e. The van der Waals surface area contributed by atoms with Gasteiger partial charge >= 0.3 is 0 Å². The first-order valence-corrected chi connectivity index (χ1v) is 4.91. The van der Waals surface area contributed by atoms with Crippen LogP contribution >= 0.6 is 9.24 Å². The van der Waals surface area contributed by atoms with E-state index in [1.165, 1.54) is 18.1 Å². The zero-order chi connectivity index (χ0) is 8.10. The smallest absolute Gasteiger partial charge is 0.0187 e. The molecule has 0 saturated carbocycles. The lowest BCUT2D eigenvalue weighted by Crippen LogP contribution is -1.92. The van der Waals surface area contributed by atoms with E-state index in [2.05, 4.69) is 46.5 Å². The maximum absolute atomic E-state index is 2.77. The van der Waals surface area contributed by atoms with Gasteiger partial charge in [-0.3, -0.25) is 0 Å². The molecule has 0 aromatic heterocycles. The van der Waals surface area contributed by atoms with Crippen molar-refractivity contribution in [1.82, 2.24) is 0 Å². The molecule has 0 aliphatic rings. The first-order chi connectivity index (χ1) is 5.34. The van der Waals surface area contributed by atoms with Gasteiger partial charge in [-0.15, -0.1) is 9.24 Å². The summed E-state index contributed by atoms with van der Waals surface area (Å²) in [6.45, 7) is 2.28. The quantitative estimate of drug-likeness (QED) is 0.605. The van der Waals surface area contributed by atoms with Crippen LogP contribution in [0.5, 0.6) is 0 Å². The SMILES string of the molecule is CC(CCP)c1ccccc1. The van der Waals surface area contributed by atoms with Crippen molar-refractivity contribution in [3.8, 4) is 0 Å². The Balaban J connectivity index is 2.61. The van der Waals surface area contributed by atoms with Crippen molar-refractivity contribution in [2.75, 3.05) is 6.16 Å². The lowest BCUT2D eigenvalue weighted by atomic mass is 9.99. The maximum Gasteiger partial charge on any atom is -0.0187 e. The molecule has 0 N–H and O–H groups in total. The standard InChI is InChI=1S/C10H15P/c1-9(7-8-11)10-5-3-2-4-6-10/h2-6,9H,7-8,11H2,1H3. The third-order valence-corrected chi connectivity index (χ3v) is 2.30. The van der Waals surface area contributed by atoms with E-state index in [1.54, 1.807) is 0 Å². The fourth-order valence-electron chi connectivity index (χ4n) is 1.20. The molecule has 0 saturated heterocycles. The molecule has 0 aliphatic heterocycles. The predicted molar refractivity (Wildman–Crippen MR) is 54.1 cm³/mol. The molecule has 1 aromatic rings. The number of hydrogen-bond acceptors (Lipinski definition) is 0. The van der Waals surface area contributed by atoms with Crippen LogP contribution in [0.4, 0.5) is 0 Å². The molecule has 0 nitrogen and oxygen atoms in total. The third kappa shape index (κ3) is 2.63.